The van der Waals surface area contributed by atoms with E-state index in [0.29, 0.717) is 31.1 Å². The summed E-state index contributed by atoms with van der Waals surface area (Å²) in [5, 5.41) is 4.51. The van der Waals surface area contributed by atoms with Gasteiger partial charge in [0.25, 0.3) is 11.5 Å². The number of hydrogen-bond acceptors (Lipinski definition) is 5. The number of ether oxygens (including phenoxy) is 2. The van der Waals surface area contributed by atoms with Crippen LogP contribution in [0.15, 0.2) is 41.2 Å². The van der Waals surface area contributed by atoms with E-state index in [1.165, 1.54) is 4.68 Å². The molecule has 2 aromatic rings. The summed E-state index contributed by atoms with van der Waals surface area (Å²) < 4.78 is 12.9. The first-order valence-electron chi connectivity index (χ1n) is 9.57. The fraction of sp³-hybridized carbons (Fsp3) is 0.476. The molecule has 1 unspecified atom stereocenters. The Labute approximate surface area is 163 Å². The Balaban J connectivity index is 1.35. The standard InChI is InChI=1S/C21H25N3O4/c1-21(2,3)18-8-9-19(25)24(22-18)12-14-10-23(11-14)20(26)17-13-27-15-6-4-5-7-16(15)28-17/h4-9,14,17H,10-13H2,1-3H3. The van der Waals surface area contributed by atoms with Gasteiger partial charge < -0.3 is 14.4 Å². The lowest BCUT2D eigenvalue weighted by Crippen LogP contribution is -2.57. The second-order valence-electron chi connectivity index (χ2n) is 8.46. The first kappa shape index (κ1) is 18.5. The van der Waals surface area contributed by atoms with Crippen LogP contribution in [0.3, 0.4) is 0 Å². The highest BCUT2D eigenvalue weighted by Gasteiger charge is 2.38. The highest BCUT2D eigenvalue weighted by atomic mass is 16.6. The number of carbonyl (C=O) groups is 1. The number of amides is 1. The zero-order valence-corrected chi connectivity index (χ0v) is 16.4. The minimum absolute atomic E-state index is 0.0745. The Kier molecular flexibility index (Phi) is 4.61. The molecule has 7 heteroatoms. The second-order valence-corrected chi connectivity index (χ2v) is 8.46. The van der Waals surface area contributed by atoms with Crippen molar-refractivity contribution in [2.75, 3.05) is 19.7 Å². The van der Waals surface area contributed by atoms with Gasteiger partial charge in [-0.05, 0) is 18.2 Å². The summed E-state index contributed by atoms with van der Waals surface area (Å²) in [4.78, 5) is 26.6. The number of nitrogens with zero attached hydrogens (tertiary/aromatic N) is 3. The van der Waals surface area contributed by atoms with Crippen LogP contribution in [0, 0.1) is 5.92 Å². The molecule has 0 bridgehead atoms. The van der Waals surface area contributed by atoms with Crippen LogP contribution in [0.2, 0.25) is 0 Å². The van der Waals surface area contributed by atoms with Crippen LogP contribution in [0.4, 0.5) is 0 Å². The van der Waals surface area contributed by atoms with Crippen molar-refractivity contribution in [2.24, 2.45) is 5.92 Å². The zero-order valence-electron chi connectivity index (χ0n) is 16.4. The van der Waals surface area contributed by atoms with Gasteiger partial charge in [0.1, 0.15) is 6.61 Å². The SMILES string of the molecule is CC(C)(C)c1ccc(=O)n(CC2CN(C(=O)C3COc4ccccc4O3)C2)n1. The average Bonchev–Trinajstić information content (AvgIpc) is 2.63. The summed E-state index contributed by atoms with van der Waals surface area (Å²) in [6.07, 6.45) is -0.624. The molecule has 0 radical (unpaired) electrons. The van der Waals surface area contributed by atoms with Gasteiger partial charge in [-0.25, -0.2) is 4.68 Å². The van der Waals surface area contributed by atoms with Crippen LogP contribution in [0.25, 0.3) is 0 Å². The first-order chi connectivity index (χ1) is 13.3. The predicted octanol–water partition coefficient (Wildman–Crippen LogP) is 1.84. The van der Waals surface area contributed by atoms with Gasteiger partial charge in [0.05, 0.1) is 12.2 Å². The molecule has 0 spiro atoms. The van der Waals surface area contributed by atoms with Gasteiger partial charge in [-0.3, -0.25) is 9.59 Å². The van der Waals surface area contributed by atoms with Gasteiger partial charge in [-0.15, -0.1) is 0 Å². The molecule has 0 saturated carbocycles. The maximum atomic E-state index is 12.7. The van der Waals surface area contributed by atoms with Crippen molar-refractivity contribution in [3.63, 3.8) is 0 Å². The van der Waals surface area contributed by atoms with Gasteiger partial charge in [0.15, 0.2) is 11.5 Å². The number of hydrogen-bond donors (Lipinski definition) is 0. The van der Waals surface area contributed by atoms with E-state index in [4.69, 9.17) is 9.47 Å². The zero-order chi connectivity index (χ0) is 19.9. The van der Waals surface area contributed by atoms with Crippen LogP contribution in [-0.4, -0.2) is 46.4 Å². The highest BCUT2D eigenvalue weighted by Crippen LogP contribution is 2.32. The number of likely N-dealkylation sites (tertiary alicyclic amines) is 1. The molecule has 1 fully saturated rings. The lowest BCUT2D eigenvalue weighted by atomic mass is 9.92. The summed E-state index contributed by atoms with van der Waals surface area (Å²) >= 11 is 0. The molecule has 0 aliphatic carbocycles. The maximum absolute atomic E-state index is 12.7. The third kappa shape index (κ3) is 3.61. The number of benzene rings is 1. The molecular weight excluding hydrogens is 358 g/mol. The molecule has 1 aromatic heterocycles. The third-order valence-corrected chi connectivity index (χ3v) is 5.12. The molecule has 3 heterocycles. The smallest absolute Gasteiger partial charge is 0.267 e. The van der Waals surface area contributed by atoms with Crippen molar-refractivity contribution < 1.29 is 14.3 Å². The van der Waals surface area contributed by atoms with Crippen molar-refractivity contribution in [1.82, 2.24) is 14.7 Å². The molecule has 7 nitrogen and oxygen atoms in total. The normalized spacial score (nSPS) is 19.2. The number of carbonyl (C=O) groups excluding carboxylic acids is 1. The van der Waals surface area contributed by atoms with E-state index in [2.05, 4.69) is 25.9 Å². The van der Waals surface area contributed by atoms with E-state index in [1.54, 1.807) is 23.1 Å². The molecule has 0 N–H and O–H groups in total. The van der Waals surface area contributed by atoms with Crippen LogP contribution >= 0.6 is 0 Å². The van der Waals surface area contributed by atoms with E-state index < -0.39 is 6.10 Å². The number of aromatic nitrogens is 2. The van der Waals surface area contributed by atoms with Crippen molar-refractivity contribution >= 4 is 5.91 Å². The van der Waals surface area contributed by atoms with E-state index in [-0.39, 0.29) is 29.4 Å². The Bertz CT molecular complexity index is 941. The Morgan fingerprint density at radius 2 is 1.86 bits per heavy atom. The summed E-state index contributed by atoms with van der Waals surface area (Å²) in [6, 6.07) is 10.7. The summed E-state index contributed by atoms with van der Waals surface area (Å²) in [7, 11) is 0. The van der Waals surface area contributed by atoms with Crippen LogP contribution < -0.4 is 15.0 Å². The minimum atomic E-state index is -0.624. The average molecular weight is 383 g/mol. The van der Waals surface area contributed by atoms with Crippen molar-refractivity contribution in [3.8, 4) is 11.5 Å². The predicted molar refractivity (Wildman–Crippen MR) is 104 cm³/mol. The molecule has 1 atom stereocenters. The molecule has 1 saturated heterocycles. The number of fused-ring (bicyclic) bond motifs is 1. The lowest BCUT2D eigenvalue weighted by Gasteiger charge is -2.41. The number of para-hydroxylation sites is 2. The van der Waals surface area contributed by atoms with Crippen LogP contribution in [-0.2, 0) is 16.8 Å². The van der Waals surface area contributed by atoms with Crippen molar-refractivity contribution in [2.45, 2.75) is 38.8 Å². The lowest BCUT2D eigenvalue weighted by molar-refractivity contribution is -0.148. The van der Waals surface area contributed by atoms with Gasteiger partial charge in [-0.1, -0.05) is 32.9 Å². The van der Waals surface area contributed by atoms with Gasteiger partial charge in [0.2, 0.25) is 6.10 Å². The van der Waals surface area contributed by atoms with Crippen molar-refractivity contribution in [1.29, 1.82) is 0 Å². The molecule has 1 amide bonds. The topological polar surface area (TPSA) is 73.7 Å². The Morgan fingerprint density at radius 1 is 1.14 bits per heavy atom. The van der Waals surface area contributed by atoms with E-state index in [0.717, 1.165) is 5.69 Å². The molecule has 28 heavy (non-hydrogen) atoms. The quantitative estimate of drug-likeness (QED) is 0.809. The first-order valence-corrected chi connectivity index (χ1v) is 9.57. The summed E-state index contributed by atoms with van der Waals surface area (Å²) in [6.45, 7) is 8.11. The minimum Gasteiger partial charge on any atom is -0.485 e. The fourth-order valence-electron chi connectivity index (χ4n) is 3.43. The van der Waals surface area contributed by atoms with Crippen LogP contribution in [0.1, 0.15) is 26.5 Å². The van der Waals surface area contributed by atoms with Crippen molar-refractivity contribution in [3.05, 3.63) is 52.4 Å². The van der Waals surface area contributed by atoms with E-state index in [9.17, 15) is 9.59 Å². The van der Waals surface area contributed by atoms with Crippen LogP contribution in [0.5, 0.6) is 11.5 Å². The van der Waals surface area contributed by atoms with E-state index >= 15 is 0 Å². The maximum Gasteiger partial charge on any atom is 0.267 e. The largest absolute Gasteiger partial charge is 0.485 e. The second kappa shape index (κ2) is 6.96. The number of rotatable bonds is 3. The third-order valence-electron chi connectivity index (χ3n) is 5.12. The van der Waals surface area contributed by atoms with E-state index in [1.807, 2.05) is 18.2 Å². The Hall–Kier alpha value is -2.83. The highest BCUT2D eigenvalue weighted by molar-refractivity contribution is 5.82. The summed E-state index contributed by atoms with van der Waals surface area (Å²) in [5.74, 6) is 1.40. The molecular formula is C21H25N3O4. The van der Waals surface area contributed by atoms with Gasteiger partial charge in [0, 0.05) is 30.5 Å². The molecule has 2 aliphatic heterocycles. The van der Waals surface area contributed by atoms with Gasteiger partial charge >= 0.3 is 0 Å². The van der Waals surface area contributed by atoms with Gasteiger partial charge in [-0.2, -0.15) is 5.10 Å². The molecule has 1 aromatic carbocycles. The summed E-state index contributed by atoms with van der Waals surface area (Å²) in [5.41, 5.74) is 0.648. The fourth-order valence-corrected chi connectivity index (χ4v) is 3.43. The molecule has 4 rings (SSSR count). The molecule has 2 aliphatic rings. The Morgan fingerprint density at radius 3 is 2.57 bits per heavy atom. The monoisotopic (exact) mass is 383 g/mol. The molecule has 148 valence electrons.